The van der Waals surface area contributed by atoms with Crippen molar-refractivity contribution < 1.29 is 17.7 Å². The third-order valence-electron chi connectivity index (χ3n) is 4.59. The molecule has 0 saturated carbocycles. The van der Waals surface area contributed by atoms with Crippen molar-refractivity contribution in [3.05, 3.63) is 71.1 Å². The van der Waals surface area contributed by atoms with Gasteiger partial charge in [-0.15, -0.1) is 0 Å². The van der Waals surface area contributed by atoms with Crippen LogP contribution in [-0.2, 0) is 12.7 Å². The monoisotopic (exact) mass is 398 g/mol. The average molecular weight is 398 g/mol. The van der Waals surface area contributed by atoms with Crippen molar-refractivity contribution in [1.29, 1.82) is 0 Å². The van der Waals surface area contributed by atoms with Gasteiger partial charge < -0.3 is 9.84 Å². The number of aryl methyl sites for hydroxylation is 2. The number of hydrogen-bond acceptors (Lipinski definition) is 5. The Bertz CT molecular complexity index is 1180. The molecule has 8 heteroatoms. The second kappa shape index (κ2) is 7.20. The molecule has 0 aliphatic heterocycles. The van der Waals surface area contributed by atoms with Crippen molar-refractivity contribution in [3.63, 3.8) is 0 Å². The number of benzene rings is 2. The van der Waals surface area contributed by atoms with Crippen molar-refractivity contribution in [2.24, 2.45) is 0 Å². The Morgan fingerprint density at radius 3 is 2.52 bits per heavy atom. The minimum Gasteiger partial charge on any atom is -0.365 e. The first kappa shape index (κ1) is 18.9. The van der Waals surface area contributed by atoms with E-state index in [2.05, 4.69) is 20.4 Å². The van der Waals surface area contributed by atoms with Crippen molar-refractivity contribution in [2.45, 2.75) is 26.6 Å². The summed E-state index contributed by atoms with van der Waals surface area (Å²) in [5.41, 5.74) is 1.72. The second-order valence-corrected chi connectivity index (χ2v) is 6.68. The number of aromatic nitrogens is 3. The Morgan fingerprint density at radius 2 is 1.79 bits per heavy atom. The highest BCUT2D eigenvalue weighted by Crippen LogP contribution is 2.33. The number of pyridine rings is 1. The molecule has 0 amide bonds. The number of para-hydroxylation sites is 1. The SMILES string of the molecule is Cc1nc(-c2cc3cccc(C)c3nc2NCc2ccccc2C(F)(F)F)no1. The molecule has 4 rings (SSSR count). The maximum absolute atomic E-state index is 13.3. The zero-order valence-corrected chi connectivity index (χ0v) is 15.7. The standard InChI is InChI=1S/C21H17F3N4O/c1-12-6-5-8-14-10-16(20-26-13(2)29-28-20)19(27-18(12)14)25-11-15-7-3-4-9-17(15)21(22,23)24/h3-10H,11H2,1-2H3,(H,25,27). The third kappa shape index (κ3) is 3.78. The van der Waals surface area contributed by atoms with E-state index in [9.17, 15) is 13.2 Å². The highest BCUT2D eigenvalue weighted by atomic mass is 19.4. The smallest absolute Gasteiger partial charge is 0.365 e. The minimum absolute atomic E-state index is 0.0517. The van der Waals surface area contributed by atoms with E-state index in [0.717, 1.165) is 22.5 Å². The molecule has 0 fully saturated rings. The van der Waals surface area contributed by atoms with Gasteiger partial charge in [-0.1, -0.05) is 41.6 Å². The normalized spacial score (nSPS) is 11.8. The lowest BCUT2D eigenvalue weighted by molar-refractivity contribution is -0.138. The number of alkyl halides is 3. The number of fused-ring (bicyclic) bond motifs is 1. The van der Waals surface area contributed by atoms with Crippen LogP contribution < -0.4 is 5.32 Å². The molecule has 0 bridgehead atoms. The van der Waals surface area contributed by atoms with Crippen LogP contribution in [0, 0.1) is 13.8 Å². The minimum atomic E-state index is -4.43. The number of nitrogens with zero attached hydrogens (tertiary/aromatic N) is 3. The Labute approximate surface area is 164 Å². The quantitative estimate of drug-likeness (QED) is 0.490. The van der Waals surface area contributed by atoms with E-state index >= 15 is 0 Å². The summed E-state index contributed by atoms with van der Waals surface area (Å²) in [6, 6.07) is 13.1. The van der Waals surface area contributed by atoms with Gasteiger partial charge in [-0.25, -0.2) is 4.98 Å². The zero-order chi connectivity index (χ0) is 20.6. The molecular weight excluding hydrogens is 381 g/mol. The molecule has 0 aliphatic rings. The van der Waals surface area contributed by atoms with Gasteiger partial charge in [-0.05, 0) is 30.2 Å². The molecule has 2 aromatic carbocycles. The molecule has 5 nitrogen and oxygen atoms in total. The van der Waals surface area contributed by atoms with Gasteiger partial charge in [0.05, 0.1) is 16.6 Å². The molecular formula is C21H17F3N4O. The number of anilines is 1. The van der Waals surface area contributed by atoms with Crippen LogP contribution in [-0.4, -0.2) is 15.1 Å². The van der Waals surface area contributed by atoms with E-state index in [1.54, 1.807) is 13.0 Å². The zero-order valence-electron chi connectivity index (χ0n) is 15.7. The first-order valence-corrected chi connectivity index (χ1v) is 8.93. The Balaban J connectivity index is 1.78. The van der Waals surface area contributed by atoms with Crippen molar-refractivity contribution in [1.82, 2.24) is 15.1 Å². The summed E-state index contributed by atoms with van der Waals surface area (Å²) in [6.45, 7) is 3.54. The summed E-state index contributed by atoms with van der Waals surface area (Å²) in [4.78, 5) is 8.90. The van der Waals surface area contributed by atoms with Gasteiger partial charge in [0, 0.05) is 18.9 Å². The maximum Gasteiger partial charge on any atom is 0.416 e. The highest BCUT2D eigenvalue weighted by Gasteiger charge is 2.32. The van der Waals surface area contributed by atoms with Crippen molar-refractivity contribution >= 4 is 16.7 Å². The summed E-state index contributed by atoms with van der Waals surface area (Å²) in [5.74, 6) is 1.10. The first-order valence-electron chi connectivity index (χ1n) is 8.93. The Hall–Kier alpha value is -3.42. The van der Waals surface area contributed by atoms with E-state index in [1.165, 1.54) is 12.1 Å². The lowest BCUT2D eigenvalue weighted by atomic mass is 10.1. The van der Waals surface area contributed by atoms with Crippen LogP contribution in [0.3, 0.4) is 0 Å². The topological polar surface area (TPSA) is 63.8 Å². The lowest BCUT2D eigenvalue weighted by Crippen LogP contribution is -2.12. The van der Waals surface area contributed by atoms with Crippen LogP contribution in [0.15, 0.2) is 53.1 Å². The van der Waals surface area contributed by atoms with Crippen LogP contribution >= 0.6 is 0 Å². The third-order valence-corrected chi connectivity index (χ3v) is 4.59. The van der Waals surface area contributed by atoms with Gasteiger partial charge >= 0.3 is 6.18 Å². The number of rotatable bonds is 4. The summed E-state index contributed by atoms with van der Waals surface area (Å²) in [6.07, 6.45) is -4.43. The van der Waals surface area contributed by atoms with Crippen LogP contribution in [0.1, 0.15) is 22.6 Å². The second-order valence-electron chi connectivity index (χ2n) is 6.68. The predicted octanol–water partition coefficient (Wildman–Crippen LogP) is 5.53. The molecule has 4 aromatic rings. The van der Waals surface area contributed by atoms with E-state index in [1.807, 2.05) is 31.2 Å². The summed E-state index contributed by atoms with van der Waals surface area (Å²) >= 11 is 0. The largest absolute Gasteiger partial charge is 0.416 e. The molecule has 0 unspecified atom stereocenters. The van der Waals surface area contributed by atoms with Crippen molar-refractivity contribution in [3.8, 4) is 11.4 Å². The lowest BCUT2D eigenvalue weighted by Gasteiger charge is -2.15. The van der Waals surface area contributed by atoms with Gasteiger partial charge in [0.15, 0.2) is 0 Å². The van der Waals surface area contributed by atoms with Crippen LogP contribution in [0.4, 0.5) is 19.0 Å². The van der Waals surface area contributed by atoms with E-state index in [0.29, 0.717) is 23.1 Å². The molecule has 2 heterocycles. The molecule has 0 radical (unpaired) electrons. The van der Waals surface area contributed by atoms with Gasteiger partial charge in [0.25, 0.3) is 0 Å². The van der Waals surface area contributed by atoms with E-state index in [-0.39, 0.29) is 12.1 Å². The van der Waals surface area contributed by atoms with E-state index < -0.39 is 11.7 Å². The molecule has 2 aromatic heterocycles. The Kier molecular flexibility index (Phi) is 4.70. The molecule has 0 atom stereocenters. The van der Waals surface area contributed by atoms with Gasteiger partial charge in [0.2, 0.25) is 11.7 Å². The van der Waals surface area contributed by atoms with Gasteiger partial charge in [-0.2, -0.15) is 18.2 Å². The predicted molar refractivity (Wildman–Crippen MR) is 103 cm³/mol. The first-order chi connectivity index (χ1) is 13.8. The molecule has 0 spiro atoms. The van der Waals surface area contributed by atoms with Gasteiger partial charge in [-0.3, -0.25) is 0 Å². The Morgan fingerprint density at radius 1 is 1.00 bits per heavy atom. The number of nitrogens with one attached hydrogen (secondary N) is 1. The van der Waals surface area contributed by atoms with Crippen LogP contribution in [0.2, 0.25) is 0 Å². The highest BCUT2D eigenvalue weighted by molar-refractivity contribution is 5.89. The fourth-order valence-electron chi connectivity index (χ4n) is 3.19. The van der Waals surface area contributed by atoms with E-state index in [4.69, 9.17) is 4.52 Å². The summed E-state index contributed by atoms with van der Waals surface area (Å²) in [7, 11) is 0. The molecule has 29 heavy (non-hydrogen) atoms. The fraction of sp³-hybridized carbons (Fsp3) is 0.190. The molecule has 0 aliphatic carbocycles. The fourth-order valence-corrected chi connectivity index (χ4v) is 3.19. The molecule has 148 valence electrons. The molecule has 0 saturated heterocycles. The van der Waals surface area contributed by atoms with Crippen molar-refractivity contribution in [2.75, 3.05) is 5.32 Å². The van der Waals surface area contributed by atoms with Gasteiger partial charge in [0.1, 0.15) is 5.82 Å². The average Bonchev–Trinajstić information content (AvgIpc) is 3.12. The van der Waals surface area contributed by atoms with Crippen LogP contribution in [0.25, 0.3) is 22.3 Å². The number of halogens is 3. The number of hydrogen-bond donors (Lipinski definition) is 1. The summed E-state index contributed by atoms with van der Waals surface area (Å²) < 4.78 is 45.0. The molecule has 1 N–H and O–H groups in total. The maximum atomic E-state index is 13.3. The van der Waals surface area contributed by atoms with Crippen LogP contribution in [0.5, 0.6) is 0 Å². The summed E-state index contributed by atoms with van der Waals surface area (Å²) in [5, 5.41) is 7.86.